The predicted molar refractivity (Wildman–Crippen MR) is 227 cm³/mol. The van der Waals surface area contributed by atoms with Gasteiger partial charge in [0.25, 0.3) is 0 Å². The fourth-order valence-electron chi connectivity index (χ4n) is 7.39. The van der Waals surface area contributed by atoms with Crippen molar-refractivity contribution in [2.75, 3.05) is 9.80 Å². The fraction of sp³-hybridized carbons (Fsp3) is 0. The Hall–Kier alpha value is -6.20. The van der Waals surface area contributed by atoms with Crippen LogP contribution in [-0.2, 0) is 0 Å². The Labute approximate surface area is 310 Å². The highest BCUT2D eigenvalue weighted by Gasteiger charge is 2.17. The number of anilines is 6. The molecule has 0 saturated heterocycles. The van der Waals surface area contributed by atoms with Crippen molar-refractivity contribution in [2.45, 2.75) is 0 Å². The van der Waals surface area contributed by atoms with Crippen LogP contribution in [0.5, 0.6) is 0 Å². The molecule has 2 heterocycles. The Kier molecular flexibility index (Phi) is 7.56. The standard InChI is InChI=1S/C48H32N2S2/c1-4-14-35(15-5-1)49(36-16-6-2-7-17-36)38-20-12-13-33(29-38)34-23-26-42-44-32-40(25-28-47(44)52-48(42)30-34)50(37-18-8-3-9-19-37)39-24-27-46-43(31-39)41-21-10-11-22-45(41)51-46/h1-32H. The van der Waals surface area contributed by atoms with Crippen molar-refractivity contribution >= 4 is 97.1 Å². The van der Waals surface area contributed by atoms with Crippen LogP contribution in [0.4, 0.5) is 34.1 Å². The first-order chi connectivity index (χ1) is 25.8. The number of rotatable bonds is 7. The van der Waals surface area contributed by atoms with E-state index in [0.29, 0.717) is 0 Å². The highest BCUT2D eigenvalue weighted by molar-refractivity contribution is 7.26. The van der Waals surface area contributed by atoms with Gasteiger partial charge in [-0.05, 0) is 108 Å². The number of nitrogens with zero attached hydrogens (tertiary/aromatic N) is 2. The molecule has 0 aliphatic heterocycles. The summed E-state index contributed by atoms with van der Waals surface area (Å²) in [5.41, 5.74) is 9.25. The number of hydrogen-bond acceptors (Lipinski definition) is 4. The van der Waals surface area contributed by atoms with Crippen molar-refractivity contribution in [3.05, 3.63) is 194 Å². The van der Waals surface area contributed by atoms with E-state index >= 15 is 0 Å². The minimum atomic E-state index is 1.13. The molecule has 8 aromatic carbocycles. The molecule has 0 saturated carbocycles. The summed E-state index contributed by atoms with van der Waals surface area (Å²) in [6.45, 7) is 0. The Morgan fingerprint density at radius 3 is 1.31 bits per heavy atom. The lowest BCUT2D eigenvalue weighted by Gasteiger charge is -2.26. The van der Waals surface area contributed by atoms with Crippen molar-refractivity contribution in [3.63, 3.8) is 0 Å². The van der Waals surface area contributed by atoms with Crippen molar-refractivity contribution in [3.8, 4) is 11.1 Å². The first kappa shape index (κ1) is 30.6. The molecule has 10 aromatic rings. The zero-order valence-corrected chi connectivity index (χ0v) is 29.8. The summed E-state index contributed by atoms with van der Waals surface area (Å²) < 4.78 is 5.21. The van der Waals surface area contributed by atoms with E-state index < -0.39 is 0 Å². The summed E-state index contributed by atoms with van der Waals surface area (Å²) in [5, 5.41) is 5.17. The van der Waals surface area contributed by atoms with Gasteiger partial charge in [-0.15, -0.1) is 22.7 Å². The molecule has 0 radical (unpaired) electrons. The monoisotopic (exact) mass is 700 g/mol. The van der Waals surface area contributed by atoms with Crippen LogP contribution in [0.1, 0.15) is 0 Å². The van der Waals surface area contributed by atoms with Gasteiger partial charge in [-0.25, -0.2) is 0 Å². The molecule has 0 unspecified atom stereocenters. The smallest absolute Gasteiger partial charge is 0.0468 e. The summed E-state index contributed by atoms with van der Waals surface area (Å²) in [5.74, 6) is 0. The van der Waals surface area contributed by atoms with Crippen LogP contribution >= 0.6 is 22.7 Å². The van der Waals surface area contributed by atoms with E-state index in [1.807, 2.05) is 22.7 Å². The highest BCUT2D eigenvalue weighted by Crippen LogP contribution is 2.44. The molecule has 0 aliphatic carbocycles. The van der Waals surface area contributed by atoms with Crippen LogP contribution in [-0.4, -0.2) is 0 Å². The maximum Gasteiger partial charge on any atom is 0.0468 e. The molecule has 2 aromatic heterocycles. The molecule has 2 nitrogen and oxygen atoms in total. The van der Waals surface area contributed by atoms with Gasteiger partial charge in [-0.1, -0.05) is 97.1 Å². The lowest BCUT2D eigenvalue weighted by molar-refractivity contribution is 1.28. The van der Waals surface area contributed by atoms with Gasteiger partial charge in [0.2, 0.25) is 0 Å². The third kappa shape index (κ3) is 5.41. The highest BCUT2D eigenvalue weighted by atomic mass is 32.1. The molecule has 0 amide bonds. The molecular weight excluding hydrogens is 669 g/mol. The van der Waals surface area contributed by atoms with E-state index in [0.717, 1.165) is 34.1 Å². The molecule has 0 N–H and O–H groups in total. The minimum absolute atomic E-state index is 1.13. The summed E-state index contributed by atoms with van der Waals surface area (Å²) in [4.78, 5) is 4.71. The van der Waals surface area contributed by atoms with Gasteiger partial charge in [0.15, 0.2) is 0 Å². The third-order valence-corrected chi connectivity index (χ3v) is 12.1. The largest absolute Gasteiger partial charge is 0.310 e. The van der Waals surface area contributed by atoms with Crippen LogP contribution in [0, 0.1) is 0 Å². The van der Waals surface area contributed by atoms with Gasteiger partial charge in [0.05, 0.1) is 0 Å². The average molecular weight is 701 g/mol. The van der Waals surface area contributed by atoms with Crippen molar-refractivity contribution in [1.29, 1.82) is 0 Å². The number of para-hydroxylation sites is 3. The van der Waals surface area contributed by atoms with Crippen molar-refractivity contribution < 1.29 is 0 Å². The van der Waals surface area contributed by atoms with Gasteiger partial charge in [0, 0.05) is 74.5 Å². The molecule has 10 rings (SSSR count). The lowest BCUT2D eigenvalue weighted by Crippen LogP contribution is -2.09. The molecule has 0 spiro atoms. The van der Waals surface area contributed by atoms with Crippen LogP contribution in [0.15, 0.2) is 194 Å². The van der Waals surface area contributed by atoms with E-state index in [-0.39, 0.29) is 0 Å². The van der Waals surface area contributed by atoms with Gasteiger partial charge in [-0.2, -0.15) is 0 Å². The SMILES string of the molecule is c1ccc(N(c2ccccc2)c2cccc(-c3ccc4c(c3)sc3ccc(N(c5ccccc5)c5ccc6sc7ccccc7c6c5)cc34)c2)cc1. The van der Waals surface area contributed by atoms with E-state index in [9.17, 15) is 0 Å². The maximum atomic E-state index is 2.39. The van der Waals surface area contributed by atoms with Gasteiger partial charge in [-0.3, -0.25) is 0 Å². The first-order valence-corrected chi connectivity index (χ1v) is 19.1. The molecule has 4 heteroatoms. The predicted octanol–water partition coefficient (Wildman–Crippen LogP) is 15.0. The van der Waals surface area contributed by atoms with Gasteiger partial charge in [0.1, 0.15) is 0 Å². The second-order valence-corrected chi connectivity index (χ2v) is 15.2. The molecule has 52 heavy (non-hydrogen) atoms. The average Bonchev–Trinajstić information content (AvgIpc) is 3.77. The Bertz CT molecular complexity index is 2820. The summed E-state index contributed by atoms with van der Waals surface area (Å²) in [7, 11) is 0. The van der Waals surface area contributed by atoms with E-state index in [1.165, 1.54) is 51.5 Å². The lowest BCUT2D eigenvalue weighted by atomic mass is 10.0. The Morgan fingerprint density at radius 1 is 0.250 bits per heavy atom. The van der Waals surface area contributed by atoms with Crippen LogP contribution in [0.3, 0.4) is 0 Å². The van der Waals surface area contributed by atoms with Gasteiger partial charge < -0.3 is 9.80 Å². The summed E-state index contributed by atoms with van der Waals surface area (Å²) in [6.07, 6.45) is 0. The first-order valence-electron chi connectivity index (χ1n) is 17.5. The number of fused-ring (bicyclic) bond motifs is 6. The van der Waals surface area contributed by atoms with Crippen molar-refractivity contribution in [1.82, 2.24) is 0 Å². The van der Waals surface area contributed by atoms with E-state index in [2.05, 4.69) is 204 Å². The number of thiophene rings is 2. The minimum Gasteiger partial charge on any atom is -0.310 e. The summed E-state index contributed by atoms with van der Waals surface area (Å²) in [6, 6.07) is 70.3. The normalized spacial score (nSPS) is 11.5. The zero-order valence-electron chi connectivity index (χ0n) is 28.2. The van der Waals surface area contributed by atoms with Crippen molar-refractivity contribution in [2.24, 2.45) is 0 Å². The van der Waals surface area contributed by atoms with Crippen LogP contribution in [0.25, 0.3) is 51.5 Å². The second-order valence-electron chi connectivity index (χ2n) is 13.0. The van der Waals surface area contributed by atoms with Crippen LogP contribution in [0.2, 0.25) is 0 Å². The maximum absolute atomic E-state index is 2.39. The molecule has 0 fully saturated rings. The van der Waals surface area contributed by atoms with E-state index in [4.69, 9.17) is 0 Å². The van der Waals surface area contributed by atoms with Gasteiger partial charge >= 0.3 is 0 Å². The quantitative estimate of drug-likeness (QED) is 0.163. The fourth-order valence-corrected chi connectivity index (χ4v) is 9.60. The molecule has 0 atom stereocenters. The molecule has 0 aliphatic rings. The summed E-state index contributed by atoms with van der Waals surface area (Å²) >= 11 is 3.72. The van der Waals surface area contributed by atoms with E-state index in [1.54, 1.807) is 0 Å². The zero-order chi connectivity index (χ0) is 34.4. The third-order valence-electron chi connectivity index (χ3n) is 9.81. The number of benzene rings is 8. The number of hydrogen-bond donors (Lipinski definition) is 0. The Morgan fingerprint density at radius 2 is 0.692 bits per heavy atom. The van der Waals surface area contributed by atoms with Crippen LogP contribution < -0.4 is 9.80 Å². The second kappa shape index (κ2) is 12.8. The Balaban J connectivity index is 1.06. The topological polar surface area (TPSA) is 6.48 Å². The molecular formula is C48H32N2S2. The molecule has 246 valence electrons. The molecule has 0 bridgehead atoms.